The number of imidazole rings is 1. The quantitative estimate of drug-likeness (QED) is 0.652. The second-order valence-corrected chi connectivity index (χ2v) is 9.06. The van der Waals surface area contributed by atoms with Crippen LogP contribution in [0.15, 0.2) is 66.0 Å². The van der Waals surface area contributed by atoms with E-state index in [0.29, 0.717) is 25.2 Å². The Morgan fingerprint density at radius 2 is 1.97 bits per heavy atom. The van der Waals surface area contributed by atoms with E-state index in [4.69, 9.17) is 0 Å². The molecule has 1 aliphatic rings. The Labute approximate surface area is 175 Å². The lowest BCUT2D eigenvalue weighted by Gasteiger charge is -2.23. The maximum atomic E-state index is 13.0. The molecule has 1 amide bonds. The molecule has 3 heterocycles. The molecule has 156 valence electrons. The van der Waals surface area contributed by atoms with Crippen molar-refractivity contribution < 1.29 is 13.2 Å². The number of nitrogens with one attached hydrogen (secondary N) is 1. The fourth-order valence-electron chi connectivity index (χ4n) is 3.65. The van der Waals surface area contributed by atoms with Gasteiger partial charge < -0.3 is 5.32 Å². The third kappa shape index (κ3) is 3.99. The molecular weight excluding hydrogens is 402 g/mol. The zero-order valence-corrected chi connectivity index (χ0v) is 17.4. The molecule has 9 heteroatoms. The summed E-state index contributed by atoms with van der Waals surface area (Å²) >= 11 is 0. The Bertz CT molecular complexity index is 1140. The smallest absolute Gasteiger partial charge is 0.243 e. The van der Waals surface area contributed by atoms with Crippen molar-refractivity contribution in [1.82, 2.24) is 24.2 Å². The molecule has 1 atom stereocenters. The van der Waals surface area contributed by atoms with Crippen LogP contribution in [0.25, 0.3) is 5.82 Å². The second kappa shape index (κ2) is 8.37. The molecule has 1 aliphatic heterocycles. The standard InChI is InChI=1S/C21H23N5O3S/c1-16-22-11-13-25(16)20-14-17(9-10-23-20)15-24-21(27)19-8-5-12-26(19)30(28,29)18-6-3-2-4-7-18/h2-4,6-7,9-11,13-14,19H,5,8,12,15H2,1H3,(H,24,27). The van der Waals surface area contributed by atoms with Gasteiger partial charge in [-0.25, -0.2) is 18.4 Å². The van der Waals surface area contributed by atoms with Gasteiger partial charge in [0, 0.05) is 31.7 Å². The van der Waals surface area contributed by atoms with Crippen LogP contribution in [0, 0.1) is 6.92 Å². The van der Waals surface area contributed by atoms with Gasteiger partial charge in [-0.2, -0.15) is 4.31 Å². The molecule has 0 radical (unpaired) electrons. The fraction of sp³-hybridized carbons (Fsp3) is 0.286. The van der Waals surface area contributed by atoms with E-state index >= 15 is 0 Å². The lowest BCUT2D eigenvalue weighted by atomic mass is 10.2. The first kappa shape index (κ1) is 20.2. The summed E-state index contributed by atoms with van der Waals surface area (Å²) in [5.74, 6) is 1.24. The van der Waals surface area contributed by atoms with E-state index in [0.717, 1.165) is 11.4 Å². The molecule has 0 saturated carbocycles. The van der Waals surface area contributed by atoms with E-state index in [2.05, 4.69) is 15.3 Å². The first-order chi connectivity index (χ1) is 14.5. The van der Waals surface area contributed by atoms with Crippen LogP contribution < -0.4 is 5.32 Å². The topological polar surface area (TPSA) is 97.2 Å². The minimum Gasteiger partial charge on any atom is -0.351 e. The van der Waals surface area contributed by atoms with Crippen LogP contribution in [-0.2, 0) is 21.4 Å². The number of amides is 1. The van der Waals surface area contributed by atoms with Crippen LogP contribution in [-0.4, -0.2) is 45.8 Å². The molecule has 1 N–H and O–H groups in total. The average Bonchev–Trinajstić information content (AvgIpc) is 3.42. The summed E-state index contributed by atoms with van der Waals surface area (Å²) in [5, 5.41) is 2.88. The van der Waals surface area contributed by atoms with E-state index in [1.807, 2.05) is 29.8 Å². The van der Waals surface area contributed by atoms with E-state index in [1.165, 1.54) is 4.31 Å². The Morgan fingerprint density at radius 3 is 2.70 bits per heavy atom. The number of hydrogen-bond donors (Lipinski definition) is 1. The predicted molar refractivity (Wildman–Crippen MR) is 111 cm³/mol. The van der Waals surface area contributed by atoms with Gasteiger partial charge in [-0.15, -0.1) is 0 Å². The van der Waals surface area contributed by atoms with Crippen LogP contribution >= 0.6 is 0 Å². The van der Waals surface area contributed by atoms with Gasteiger partial charge in [-0.3, -0.25) is 9.36 Å². The van der Waals surface area contributed by atoms with Gasteiger partial charge in [0.25, 0.3) is 0 Å². The van der Waals surface area contributed by atoms with Gasteiger partial charge in [-0.05, 0) is 49.6 Å². The molecular formula is C21H23N5O3S. The van der Waals surface area contributed by atoms with Gasteiger partial charge >= 0.3 is 0 Å². The molecule has 8 nitrogen and oxygen atoms in total. The van der Waals surface area contributed by atoms with E-state index in [9.17, 15) is 13.2 Å². The number of pyridine rings is 1. The lowest BCUT2D eigenvalue weighted by molar-refractivity contribution is -0.124. The molecule has 1 fully saturated rings. The summed E-state index contributed by atoms with van der Waals surface area (Å²) in [7, 11) is -3.70. The van der Waals surface area contributed by atoms with Crippen molar-refractivity contribution in [3.05, 3.63) is 72.4 Å². The van der Waals surface area contributed by atoms with Gasteiger partial charge in [0.15, 0.2) is 0 Å². The second-order valence-electron chi connectivity index (χ2n) is 7.17. The summed E-state index contributed by atoms with van der Waals surface area (Å²) in [6.07, 6.45) is 6.37. The molecule has 2 aromatic heterocycles. The number of aromatic nitrogens is 3. The Kier molecular flexibility index (Phi) is 5.65. The molecule has 30 heavy (non-hydrogen) atoms. The molecule has 3 aromatic rings. The third-order valence-corrected chi connectivity index (χ3v) is 7.13. The predicted octanol–water partition coefficient (Wildman–Crippen LogP) is 2.05. The van der Waals surface area contributed by atoms with E-state index < -0.39 is 16.1 Å². The van der Waals surface area contributed by atoms with Crippen molar-refractivity contribution in [2.75, 3.05) is 6.54 Å². The van der Waals surface area contributed by atoms with Crippen molar-refractivity contribution in [3.8, 4) is 5.82 Å². The van der Waals surface area contributed by atoms with Crippen LogP contribution in [0.1, 0.15) is 24.2 Å². The summed E-state index contributed by atoms with van der Waals surface area (Å²) in [6, 6.07) is 11.2. The summed E-state index contributed by atoms with van der Waals surface area (Å²) in [4.78, 5) is 21.6. The third-order valence-electron chi connectivity index (χ3n) is 5.21. The summed E-state index contributed by atoms with van der Waals surface area (Å²) in [6.45, 7) is 2.52. The highest BCUT2D eigenvalue weighted by molar-refractivity contribution is 7.89. The normalized spacial score (nSPS) is 17.2. The number of benzene rings is 1. The van der Waals surface area contributed by atoms with Gasteiger partial charge in [0.2, 0.25) is 15.9 Å². The number of aryl methyl sites for hydroxylation is 1. The summed E-state index contributed by atoms with van der Waals surface area (Å²) in [5.41, 5.74) is 0.872. The summed E-state index contributed by atoms with van der Waals surface area (Å²) < 4.78 is 29.1. The highest BCUT2D eigenvalue weighted by atomic mass is 32.2. The molecule has 1 aromatic carbocycles. The van der Waals surface area contributed by atoms with Gasteiger partial charge in [0.1, 0.15) is 17.7 Å². The zero-order chi connectivity index (χ0) is 21.1. The van der Waals surface area contributed by atoms with E-state index in [1.54, 1.807) is 42.7 Å². The van der Waals surface area contributed by atoms with Crippen molar-refractivity contribution >= 4 is 15.9 Å². The maximum Gasteiger partial charge on any atom is 0.243 e. The lowest BCUT2D eigenvalue weighted by Crippen LogP contribution is -2.45. The Balaban J connectivity index is 1.46. The maximum absolute atomic E-state index is 13.0. The number of hydrogen-bond acceptors (Lipinski definition) is 5. The van der Waals surface area contributed by atoms with Crippen molar-refractivity contribution in [2.24, 2.45) is 0 Å². The van der Waals surface area contributed by atoms with Crippen molar-refractivity contribution in [1.29, 1.82) is 0 Å². The van der Waals surface area contributed by atoms with Crippen LogP contribution in [0.3, 0.4) is 0 Å². The zero-order valence-electron chi connectivity index (χ0n) is 16.6. The van der Waals surface area contributed by atoms with E-state index in [-0.39, 0.29) is 17.3 Å². The minimum atomic E-state index is -3.70. The number of nitrogens with zero attached hydrogens (tertiary/aromatic N) is 4. The van der Waals surface area contributed by atoms with Gasteiger partial charge in [0.05, 0.1) is 4.90 Å². The molecule has 0 spiro atoms. The number of rotatable bonds is 6. The molecule has 0 aliphatic carbocycles. The highest BCUT2D eigenvalue weighted by Gasteiger charge is 2.39. The highest BCUT2D eigenvalue weighted by Crippen LogP contribution is 2.26. The first-order valence-electron chi connectivity index (χ1n) is 9.77. The van der Waals surface area contributed by atoms with Crippen LogP contribution in [0.2, 0.25) is 0 Å². The first-order valence-corrected chi connectivity index (χ1v) is 11.2. The molecule has 1 unspecified atom stereocenters. The Morgan fingerprint density at radius 1 is 1.17 bits per heavy atom. The van der Waals surface area contributed by atoms with Crippen LogP contribution in [0.4, 0.5) is 0 Å². The Hall–Kier alpha value is -3.04. The average molecular weight is 426 g/mol. The van der Waals surface area contributed by atoms with Crippen LogP contribution in [0.5, 0.6) is 0 Å². The largest absolute Gasteiger partial charge is 0.351 e. The SMILES string of the molecule is Cc1nccn1-c1cc(CNC(=O)C2CCCN2S(=O)(=O)c2ccccc2)ccn1. The molecule has 1 saturated heterocycles. The minimum absolute atomic E-state index is 0.208. The molecule has 0 bridgehead atoms. The fourth-order valence-corrected chi connectivity index (χ4v) is 5.32. The van der Waals surface area contributed by atoms with Crippen molar-refractivity contribution in [3.63, 3.8) is 0 Å². The van der Waals surface area contributed by atoms with Gasteiger partial charge in [-0.1, -0.05) is 18.2 Å². The van der Waals surface area contributed by atoms with Crippen molar-refractivity contribution in [2.45, 2.75) is 37.2 Å². The number of sulfonamides is 1. The monoisotopic (exact) mass is 425 g/mol. The number of carbonyl (C=O) groups is 1. The molecule has 4 rings (SSSR count). The number of carbonyl (C=O) groups excluding carboxylic acids is 1.